The number of rotatable bonds is 5. The zero-order valence-corrected chi connectivity index (χ0v) is 14.0. The molecule has 2 aromatic rings. The van der Waals surface area contributed by atoms with E-state index in [0.717, 1.165) is 17.0 Å². The molecule has 0 spiro atoms. The van der Waals surface area contributed by atoms with Gasteiger partial charge in [-0.05, 0) is 29.8 Å². The number of benzene rings is 1. The molecule has 0 unspecified atom stereocenters. The highest BCUT2D eigenvalue weighted by molar-refractivity contribution is 6.30. The predicted molar refractivity (Wildman–Crippen MR) is 90.4 cm³/mol. The molecule has 0 atom stereocenters. The Kier molecular flexibility index (Phi) is 4.71. The van der Waals surface area contributed by atoms with Gasteiger partial charge in [0.1, 0.15) is 22.0 Å². The summed E-state index contributed by atoms with van der Waals surface area (Å²) in [5.74, 6) is -1.72. The summed E-state index contributed by atoms with van der Waals surface area (Å²) in [6.45, 7) is -0.0718. The highest BCUT2D eigenvalue weighted by Crippen LogP contribution is 2.21. The van der Waals surface area contributed by atoms with Crippen LogP contribution in [0.2, 0.25) is 0 Å². The van der Waals surface area contributed by atoms with Crippen molar-refractivity contribution in [3.8, 4) is 5.75 Å². The molecule has 4 amide bonds. The minimum Gasteiger partial charge on any atom is -0.497 e. The molecule has 0 radical (unpaired) electrons. The van der Waals surface area contributed by atoms with E-state index in [9.17, 15) is 24.5 Å². The number of methoxy groups -OCH3 is 1. The Balaban J connectivity index is 1.85. The maximum Gasteiger partial charge on any atom is 0.433 e. The lowest BCUT2D eigenvalue weighted by Crippen LogP contribution is -2.53. The average Bonchev–Trinajstić information content (AvgIpc) is 3.12. The highest BCUT2D eigenvalue weighted by atomic mass is 16.6. The van der Waals surface area contributed by atoms with E-state index in [4.69, 9.17) is 9.15 Å². The number of ether oxygens (including phenoxy) is 1. The Morgan fingerprint density at radius 3 is 2.48 bits per heavy atom. The van der Waals surface area contributed by atoms with E-state index in [-0.39, 0.29) is 17.9 Å². The van der Waals surface area contributed by atoms with Crippen LogP contribution in [0.3, 0.4) is 0 Å². The normalized spacial score (nSPS) is 15.8. The first kappa shape index (κ1) is 17.9. The lowest BCUT2D eigenvalue weighted by molar-refractivity contribution is -0.402. The van der Waals surface area contributed by atoms with Crippen LogP contribution in [-0.2, 0) is 16.1 Å². The van der Waals surface area contributed by atoms with Crippen LogP contribution >= 0.6 is 0 Å². The van der Waals surface area contributed by atoms with Gasteiger partial charge in [0.05, 0.1) is 19.7 Å². The van der Waals surface area contributed by atoms with Crippen LogP contribution in [-0.4, -0.2) is 34.8 Å². The Labute approximate surface area is 152 Å². The van der Waals surface area contributed by atoms with E-state index in [1.165, 1.54) is 13.2 Å². The SMILES string of the molecule is COc1ccc(CN2C(=O)NC(=O)/C(=C\c3ccc([N+](=O)[O-])o3)C2=O)cc1. The van der Waals surface area contributed by atoms with Crippen LogP contribution in [0.15, 0.2) is 46.4 Å². The molecule has 1 aliphatic rings. The number of hydrogen-bond acceptors (Lipinski definition) is 7. The Bertz CT molecular complexity index is 959. The lowest BCUT2D eigenvalue weighted by atomic mass is 10.1. The maximum atomic E-state index is 12.6. The van der Waals surface area contributed by atoms with Gasteiger partial charge in [-0.2, -0.15) is 0 Å². The van der Waals surface area contributed by atoms with Crippen LogP contribution < -0.4 is 10.1 Å². The number of carbonyl (C=O) groups excluding carboxylic acids is 3. The van der Waals surface area contributed by atoms with Gasteiger partial charge >= 0.3 is 11.9 Å². The number of nitrogens with zero attached hydrogens (tertiary/aromatic N) is 2. The number of nitro groups is 1. The Hall–Kier alpha value is -3.95. The van der Waals surface area contributed by atoms with Gasteiger partial charge in [-0.25, -0.2) is 4.79 Å². The summed E-state index contributed by atoms with van der Waals surface area (Å²) in [5.41, 5.74) is 0.272. The first-order chi connectivity index (χ1) is 12.9. The second-order valence-corrected chi connectivity index (χ2v) is 5.49. The maximum absolute atomic E-state index is 12.6. The summed E-state index contributed by atoms with van der Waals surface area (Å²) >= 11 is 0. The number of nitrogens with one attached hydrogen (secondary N) is 1. The topological polar surface area (TPSA) is 132 Å². The first-order valence-corrected chi connectivity index (χ1v) is 7.65. The zero-order valence-electron chi connectivity index (χ0n) is 14.0. The van der Waals surface area contributed by atoms with Crippen molar-refractivity contribution in [3.05, 3.63) is 63.4 Å². The van der Waals surface area contributed by atoms with Crippen molar-refractivity contribution in [2.75, 3.05) is 7.11 Å². The molecule has 10 nitrogen and oxygen atoms in total. The molecule has 0 bridgehead atoms. The summed E-state index contributed by atoms with van der Waals surface area (Å²) in [5, 5.41) is 12.7. The van der Waals surface area contributed by atoms with Crippen LogP contribution in [0, 0.1) is 10.1 Å². The molecule has 0 saturated carbocycles. The number of amides is 4. The summed E-state index contributed by atoms with van der Waals surface area (Å²) in [4.78, 5) is 47.4. The van der Waals surface area contributed by atoms with Crippen molar-refractivity contribution in [2.45, 2.75) is 6.54 Å². The number of furan rings is 1. The number of barbiturate groups is 1. The van der Waals surface area contributed by atoms with E-state index < -0.39 is 28.7 Å². The molecule has 27 heavy (non-hydrogen) atoms. The van der Waals surface area contributed by atoms with Gasteiger partial charge in [0.25, 0.3) is 11.8 Å². The Morgan fingerprint density at radius 2 is 1.89 bits per heavy atom. The van der Waals surface area contributed by atoms with Crippen molar-refractivity contribution in [1.82, 2.24) is 10.2 Å². The quantitative estimate of drug-likeness (QED) is 0.367. The van der Waals surface area contributed by atoms with Crippen molar-refractivity contribution in [2.24, 2.45) is 0 Å². The fraction of sp³-hybridized carbons (Fsp3) is 0.118. The lowest BCUT2D eigenvalue weighted by Gasteiger charge is -2.26. The van der Waals surface area contributed by atoms with Gasteiger partial charge in [0, 0.05) is 0 Å². The van der Waals surface area contributed by atoms with Gasteiger partial charge in [0.2, 0.25) is 0 Å². The molecule has 1 aromatic carbocycles. The van der Waals surface area contributed by atoms with E-state index >= 15 is 0 Å². The Morgan fingerprint density at radius 1 is 1.19 bits per heavy atom. The molecular formula is C17H13N3O7. The summed E-state index contributed by atoms with van der Waals surface area (Å²) < 4.78 is 9.97. The number of carbonyl (C=O) groups is 3. The summed E-state index contributed by atoms with van der Waals surface area (Å²) in [6, 6.07) is 8.18. The molecule has 138 valence electrons. The van der Waals surface area contributed by atoms with E-state index in [0.29, 0.717) is 11.3 Å². The van der Waals surface area contributed by atoms with Crippen molar-refractivity contribution in [1.29, 1.82) is 0 Å². The first-order valence-electron chi connectivity index (χ1n) is 7.65. The fourth-order valence-electron chi connectivity index (χ4n) is 2.41. The van der Waals surface area contributed by atoms with Gasteiger partial charge in [-0.1, -0.05) is 12.1 Å². The minimum absolute atomic E-state index is 0.0565. The summed E-state index contributed by atoms with van der Waals surface area (Å²) in [6.07, 6.45) is 1.05. The van der Waals surface area contributed by atoms with E-state index in [1.807, 2.05) is 0 Å². The molecular weight excluding hydrogens is 358 g/mol. The molecule has 2 heterocycles. The third-order valence-electron chi connectivity index (χ3n) is 3.76. The molecule has 1 fully saturated rings. The number of urea groups is 1. The largest absolute Gasteiger partial charge is 0.497 e. The molecule has 3 rings (SSSR count). The second-order valence-electron chi connectivity index (χ2n) is 5.49. The summed E-state index contributed by atoms with van der Waals surface area (Å²) in [7, 11) is 1.51. The predicted octanol–water partition coefficient (Wildman–Crippen LogP) is 1.86. The van der Waals surface area contributed by atoms with Crippen molar-refractivity contribution >= 4 is 29.8 Å². The smallest absolute Gasteiger partial charge is 0.433 e. The van der Waals surface area contributed by atoms with Gasteiger partial charge < -0.3 is 9.15 Å². The monoisotopic (exact) mass is 371 g/mol. The van der Waals surface area contributed by atoms with Crippen LogP contribution in [0.25, 0.3) is 6.08 Å². The minimum atomic E-state index is -0.907. The third kappa shape index (κ3) is 3.68. The number of imide groups is 2. The average molecular weight is 371 g/mol. The zero-order chi connectivity index (χ0) is 19.6. The highest BCUT2D eigenvalue weighted by Gasteiger charge is 2.36. The third-order valence-corrected chi connectivity index (χ3v) is 3.76. The van der Waals surface area contributed by atoms with Crippen molar-refractivity contribution < 1.29 is 28.5 Å². The molecule has 10 heteroatoms. The molecule has 1 aliphatic heterocycles. The second kappa shape index (κ2) is 7.12. The molecule has 1 aromatic heterocycles. The van der Waals surface area contributed by atoms with Gasteiger partial charge in [0.15, 0.2) is 0 Å². The molecule has 0 aliphatic carbocycles. The van der Waals surface area contributed by atoms with Crippen LogP contribution in [0.5, 0.6) is 5.75 Å². The molecule has 1 saturated heterocycles. The number of hydrogen-bond donors (Lipinski definition) is 1. The van der Waals surface area contributed by atoms with Gasteiger partial charge in [-0.3, -0.25) is 29.9 Å². The van der Waals surface area contributed by atoms with Crippen LogP contribution in [0.1, 0.15) is 11.3 Å². The van der Waals surface area contributed by atoms with Gasteiger partial charge in [-0.15, -0.1) is 0 Å². The standard InChI is InChI=1S/C17H13N3O7/c1-26-11-4-2-10(3-5-11)9-19-16(22)13(15(21)18-17(19)23)8-12-6-7-14(27-12)20(24)25/h2-8H,9H2,1H3,(H,18,21,23)/b13-8+. The van der Waals surface area contributed by atoms with Crippen LogP contribution in [0.4, 0.5) is 10.7 Å². The fourth-order valence-corrected chi connectivity index (χ4v) is 2.41. The van der Waals surface area contributed by atoms with Crippen molar-refractivity contribution in [3.63, 3.8) is 0 Å². The molecule has 1 N–H and O–H groups in total. The van der Waals surface area contributed by atoms with E-state index in [1.54, 1.807) is 24.3 Å². The van der Waals surface area contributed by atoms with E-state index in [2.05, 4.69) is 5.32 Å².